The number of nitrogens with one attached hydrogen (secondary N) is 1. The summed E-state index contributed by atoms with van der Waals surface area (Å²) in [5.41, 5.74) is 4.90. The second-order valence-corrected chi connectivity index (χ2v) is 4.84. The Labute approximate surface area is 106 Å². The molecular weight excluding hydrogens is 228 g/mol. The van der Waals surface area contributed by atoms with Crippen LogP contribution in [0.15, 0.2) is 28.7 Å². The molecule has 0 radical (unpaired) electrons. The minimum Gasteiger partial charge on any atom is -0.459 e. The van der Waals surface area contributed by atoms with E-state index >= 15 is 0 Å². The molecule has 3 N–H and O–H groups in total. The van der Waals surface area contributed by atoms with E-state index in [-0.39, 0.29) is 12.1 Å². The number of rotatable bonds is 3. The zero-order chi connectivity index (χ0) is 12.5. The maximum absolute atomic E-state index is 5.94. The number of fused-ring (bicyclic) bond motifs is 1. The molecule has 2 atom stereocenters. The summed E-state index contributed by atoms with van der Waals surface area (Å²) in [6, 6.07) is 8.12. The Morgan fingerprint density at radius 3 is 3.00 bits per heavy atom. The molecule has 1 aliphatic heterocycles. The van der Waals surface area contributed by atoms with Gasteiger partial charge < -0.3 is 9.15 Å². The minimum absolute atomic E-state index is 0.0701. The van der Waals surface area contributed by atoms with Gasteiger partial charge in [0.1, 0.15) is 17.4 Å². The summed E-state index contributed by atoms with van der Waals surface area (Å²) in [4.78, 5) is 0. The summed E-state index contributed by atoms with van der Waals surface area (Å²) in [6.45, 7) is 2.86. The first-order chi connectivity index (χ1) is 8.79. The molecule has 1 aromatic heterocycles. The fourth-order valence-corrected chi connectivity index (χ4v) is 2.62. The monoisotopic (exact) mass is 246 g/mol. The van der Waals surface area contributed by atoms with E-state index in [1.165, 1.54) is 0 Å². The van der Waals surface area contributed by atoms with E-state index in [9.17, 15) is 0 Å². The summed E-state index contributed by atoms with van der Waals surface area (Å²) >= 11 is 0. The average molecular weight is 246 g/mol. The van der Waals surface area contributed by atoms with Crippen LogP contribution in [-0.4, -0.2) is 12.7 Å². The van der Waals surface area contributed by atoms with Crippen LogP contribution < -0.4 is 11.3 Å². The normalized spacial score (nSPS) is 21.6. The molecule has 96 valence electrons. The van der Waals surface area contributed by atoms with Crippen molar-refractivity contribution in [3.8, 4) is 0 Å². The van der Waals surface area contributed by atoms with Crippen LogP contribution in [0, 0.1) is 6.92 Å². The van der Waals surface area contributed by atoms with E-state index in [1.54, 1.807) is 0 Å². The molecule has 0 bridgehead atoms. The number of hydrogen-bond acceptors (Lipinski definition) is 4. The summed E-state index contributed by atoms with van der Waals surface area (Å²) in [7, 11) is 0. The number of para-hydroxylation sites is 1. The Morgan fingerprint density at radius 1 is 1.44 bits per heavy atom. The van der Waals surface area contributed by atoms with Crippen LogP contribution in [0.2, 0.25) is 0 Å². The maximum atomic E-state index is 5.94. The van der Waals surface area contributed by atoms with Gasteiger partial charge in [-0.25, -0.2) is 5.43 Å². The van der Waals surface area contributed by atoms with Crippen molar-refractivity contribution >= 4 is 11.0 Å². The molecule has 0 saturated carbocycles. The molecular formula is C14H18N2O2. The quantitative estimate of drug-likeness (QED) is 0.645. The smallest absolute Gasteiger partial charge is 0.137 e. The van der Waals surface area contributed by atoms with Crippen molar-refractivity contribution < 1.29 is 9.15 Å². The van der Waals surface area contributed by atoms with Crippen molar-refractivity contribution in [3.63, 3.8) is 0 Å². The molecule has 2 unspecified atom stereocenters. The first-order valence-electron chi connectivity index (χ1n) is 6.36. The van der Waals surface area contributed by atoms with Gasteiger partial charge in [0.25, 0.3) is 0 Å². The zero-order valence-corrected chi connectivity index (χ0v) is 10.5. The Morgan fingerprint density at radius 2 is 2.33 bits per heavy atom. The number of hydrogen-bond donors (Lipinski definition) is 2. The fraction of sp³-hybridized carbons (Fsp3) is 0.429. The van der Waals surface area contributed by atoms with Gasteiger partial charge in [0.2, 0.25) is 0 Å². The Bertz CT molecular complexity index is 544. The molecule has 4 nitrogen and oxygen atoms in total. The summed E-state index contributed by atoms with van der Waals surface area (Å²) in [5.74, 6) is 6.51. The first kappa shape index (κ1) is 11.7. The Balaban J connectivity index is 1.99. The number of furan rings is 1. The molecule has 4 heteroatoms. The van der Waals surface area contributed by atoms with Crippen LogP contribution in [0.1, 0.15) is 30.2 Å². The highest BCUT2D eigenvalue weighted by Crippen LogP contribution is 2.31. The summed E-state index contributed by atoms with van der Waals surface area (Å²) in [5, 5.41) is 1.11. The van der Waals surface area contributed by atoms with Crippen LogP contribution >= 0.6 is 0 Å². The van der Waals surface area contributed by atoms with Crippen molar-refractivity contribution in [1.82, 2.24) is 5.43 Å². The second-order valence-electron chi connectivity index (χ2n) is 4.84. The van der Waals surface area contributed by atoms with E-state index in [2.05, 4.69) is 17.6 Å². The molecule has 18 heavy (non-hydrogen) atoms. The topological polar surface area (TPSA) is 60.4 Å². The van der Waals surface area contributed by atoms with Gasteiger partial charge in [-0.15, -0.1) is 0 Å². The van der Waals surface area contributed by atoms with Gasteiger partial charge in [0.15, 0.2) is 0 Å². The first-order valence-corrected chi connectivity index (χ1v) is 6.36. The number of nitrogens with two attached hydrogens (primary N) is 1. The van der Waals surface area contributed by atoms with Crippen molar-refractivity contribution in [2.75, 3.05) is 6.61 Å². The van der Waals surface area contributed by atoms with Gasteiger partial charge in [0.05, 0.1) is 6.10 Å². The number of benzene rings is 1. The molecule has 1 aliphatic rings. The number of ether oxygens (including phenoxy) is 1. The highest BCUT2D eigenvalue weighted by Gasteiger charge is 2.29. The molecule has 0 amide bonds. The molecule has 1 aromatic carbocycles. The van der Waals surface area contributed by atoms with Crippen LogP contribution in [0.4, 0.5) is 0 Å². The van der Waals surface area contributed by atoms with E-state index in [0.717, 1.165) is 41.7 Å². The standard InChI is InChI=1S/C14H18N2O2/c1-9-4-2-5-10-8-12(18-14(9)10)13(16-15)11-6-3-7-17-11/h2,4-5,8,11,13,16H,3,6-7,15H2,1H3. The van der Waals surface area contributed by atoms with Gasteiger partial charge in [-0.2, -0.15) is 0 Å². The van der Waals surface area contributed by atoms with Gasteiger partial charge >= 0.3 is 0 Å². The predicted octanol–water partition coefficient (Wildman–Crippen LogP) is 2.42. The lowest BCUT2D eigenvalue weighted by molar-refractivity contribution is 0.0718. The van der Waals surface area contributed by atoms with E-state index < -0.39 is 0 Å². The molecule has 3 rings (SSSR count). The average Bonchev–Trinajstić information content (AvgIpc) is 3.00. The minimum atomic E-state index is -0.0701. The number of aryl methyl sites for hydroxylation is 1. The summed E-state index contributed by atoms with van der Waals surface area (Å²) in [6.07, 6.45) is 2.21. The fourth-order valence-electron chi connectivity index (χ4n) is 2.62. The van der Waals surface area contributed by atoms with Crippen LogP contribution in [-0.2, 0) is 4.74 Å². The molecule has 1 saturated heterocycles. The maximum Gasteiger partial charge on any atom is 0.137 e. The lowest BCUT2D eigenvalue weighted by Crippen LogP contribution is -2.36. The van der Waals surface area contributed by atoms with Gasteiger partial charge in [-0.3, -0.25) is 5.84 Å². The molecule has 1 fully saturated rings. The second kappa shape index (κ2) is 4.72. The van der Waals surface area contributed by atoms with E-state index in [4.69, 9.17) is 15.0 Å². The van der Waals surface area contributed by atoms with Gasteiger partial charge in [-0.05, 0) is 31.4 Å². The van der Waals surface area contributed by atoms with Crippen LogP contribution in [0.25, 0.3) is 11.0 Å². The van der Waals surface area contributed by atoms with Gasteiger partial charge in [0, 0.05) is 12.0 Å². The van der Waals surface area contributed by atoms with Crippen molar-refractivity contribution in [1.29, 1.82) is 0 Å². The predicted molar refractivity (Wildman–Crippen MR) is 70.0 cm³/mol. The van der Waals surface area contributed by atoms with Crippen molar-refractivity contribution in [3.05, 3.63) is 35.6 Å². The molecule has 2 heterocycles. The molecule has 2 aromatic rings. The Hall–Kier alpha value is -1.36. The van der Waals surface area contributed by atoms with Crippen LogP contribution in [0.3, 0.4) is 0 Å². The molecule has 0 spiro atoms. The lowest BCUT2D eigenvalue weighted by atomic mass is 10.1. The van der Waals surface area contributed by atoms with Crippen LogP contribution in [0.5, 0.6) is 0 Å². The number of hydrazine groups is 1. The third-order valence-corrected chi connectivity index (χ3v) is 3.58. The van der Waals surface area contributed by atoms with Crippen molar-refractivity contribution in [2.24, 2.45) is 5.84 Å². The largest absolute Gasteiger partial charge is 0.459 e. The highest BCUT2D eigenvalue weighted by molar-refractivity contribution is 5.81. The van der Waals surface area contributed by atoms with Crippen molar-refractivity contribution in [2.45, 2.75) is 31.9 Å². The van der Waals surface area contributed by atoms with Gasteiger partial charge in [-0.1, -0.05) is 18.2 Å². The van der Waals surface area contributed by atoms with E-state index in [1.807, 2.05) is 19.1 Å². The Kier molecular flexibility index (Phi) is 3.07. The highest BCUT2D eigenvalue weighted by atomic mass is 16.5. The third kappa shape index (κ3) is 1.92. The zero-order valence-electron chi connectivity index (χ0n) is 10.5. The lowest BCUT2D eigenvalue weighted by Gasteiger charge is -2.19. The molecule has 0 aliphatic carbocycles. The SMILES string of the molecule is Cc1cccc2cc(C(NN)C3CCCO3)oc12. The van der Waals surface area contributed by atoms with E-state index in [0.29, 0.717) is 0 Å². The summed E-state index contributed by atoms with van der Waals surface area (Å²) < 4.78 is 11.6. The third-order valence-electron chi connectivity index (χ3n) is 3.58.